The van der Waals surface area contributed by atoms with Crippen LogP contribution in [0.4, 0.5) is 0 Å². The van der Waals surface area contributed by atoms with E-state index in [4.69, 9.17) is 14.2 Å². The van der Waals surface area contributed by atoms with E-state index in [-0.39, 0.29) is 5.57 Å². The Kier molecular flexibility index (Phi) is 10.8. The minimum atomic E-state index is -0.498. The van der Waals surface area contributed by atoms with Gasteiger partial charge in [-0.1, -0.05) is 11.6 Å². The fourth-order valence-electron chi connectivity index (χ4n) is 2.72. The Balaban J connectivity index is 2.58. The van der Waals surface area contributed by atoms with Gasteiger partial charge in [0.25, 0.3) is 0 Å². The van der Waals surface area contributed by atoms with Gasteiger partial charge < -0.3 is 14.2 Å². The molecule has 0 radical (unpaired) electrons. The average Bonchev–Trinajstić information content (AvgIpc) is 2.60. The molecule has 1 rings (SSSR count). The molecule has 0 atom stereocenters. The van der Waals surface area contributed by atoms with Gasteiger partial charge in [0.15, 0.2) is 0 Å². The van der Waals surface area contributed by atoms with E-state index in [0.29, 0.717) is 13.2 Å². The van der Waals surface area contributed by atoms with Crippen LogP contribution in [-0.4, -0.2) is 40.0 Å². The lowest BCUT2D eigenvalue weighted by Gasteiger charge is -2.16. The average molecular weight is 335 g/mol. The number of ether oxygens (including phenoxy) is 3. The predicted octanol–water partition coefficient (Wildman–Crippen LogP) is 3.70. The third-order valence-corrected chi connectivity index (χ3v) is 4.03. The number of esters is 1. The molecular weight excluding hydrogens is 306 g/mol. The molecule has 0 fully saturated rings. The molecule has 5 nitrogen and oxygen atoms in total. The number of rotatable bonds is 11. The molecule has 0 saturated carbocycles. The fraction of sp³-hybridized carbons (Fsp3) is 0.684. The molecule has 5 heteroatoms. The Labute approximate surface area is 145 Å². The molecule has 0 saturated heterocycles. The Morgan fingerprint density at radius 1 is 1.08 bits per heavy atom. The molecule has 0 spiro atoms. The molecule has 0 aromatic heterocycles. The number of nitrogens with zero attached hydrogens (tertiary/aromatic N) is 1. The van der Waals surface area contributed by atoms with Gasteiger partial charge in [-0.3, -0.25) is 0 Å². The molecule has 134 valence electrons. The summed E-state index contributed by atoms with van der Waals surface area (Å²) >= 11 is 0. The van der Waals surface area contributed by atoms with Crippen molar-refractivity contribution in [2.45, 2.75) is 51.4 Å². The lowest BCUT2D eigenvalue weighted by Crippen LogP contribution is -2.11. The van der Waals surface area contributed by atoms with Crippen LogP contribution in [0.25, 0.3) is 0 Å². The third kappa shape index (κ3) is 7.76. The molecule has 1 aliphatic carbocycles. The molecule has 24 heavy (non-hydrogen) atoms. The van der Waals surface area contributed by atoms with Crippen molar-refractivity contribution in [1.82, 2.24) is 0 Å². The molecule has 0 aromatic rings. The minimum Gasteiger partial charge on any atom is -0.462 e. The summed E-state index contributed by atoms with van der Waals surface area (Å²) in [4.78, 5) is 12.1. The first-order valence-corrected chi connectivity index (χ1v) is 8.70. The highest BCUT2D eigenvalue weighted by molar-refractivity contribution is 5.94. The largest absolute Gasteiger partial charge is 0.462 e. The fourth-order valence-corrected chi connectivity index (χ4v) is 2.72. The van der Waals surface area contributed by atoms with Crippen LogP contribution >= 0.6 is 0 Å². The van der Waals surface area contributed by atoms with Gasteiger partial charge in [-0.15, -0.1) is 0 Å². The maximum absolute atomic E-state index is 12.1. The Bertz CT molecular complexity index is 488. The van der Waals surface area contributed by atoms with Gasteiger partial charge in [0.1, 0.15) is 11.6 Å². The van der Waals surface area contributed by atoms with E-state index in [1.165, 1.54) is 5.57 Å². The van der Waals surface area contributed by atoms with Crippen molar-refractivity contribution in [2.75, 3.05) is 34.0 Å². The minimum absolute atomic E-state index is 0.163. The summed E-state index contributed by atoms with van der Waals surface area (Å²) in [6.07, 6.45) is 9.50. The molecule has 0 heterocycles. The van der Waals surface area contributed by atoms with E-state index in [9.17, 15) is 10.1 Å². The number of unbranched alkanes of at least 4 members (excludes halogenated alkanes) is 2. The van der Waals surface area contributed by atoms with Crippen molar-refractivity contribution in [3.05, 3.63) is 22.8 Å². The standard InChI is InChI=1S/C19H29NO4/c1-22-11-4-3-8-16-9-7-10-17(14-16)18(15-20)19(21)24-13-6-5-12-23-2/h14H,3-13H2,1-2H3/b18-17-. The van der Waals surface area contributed by atoms with Crippen LogP contribution in [0.5, 0.6) is 0 Å². The van der Waals surface area contributed by atoms with Crippen LogP contribution in [0.2, 0.25) is 0 Å². The topological polar surface area (TPSA) is 68.5 Å². The van der Waals surface area contributed by atoms with Crippen molar-refractivity contribution in [3.63, 3.8) is 0 Å². The molecule has 0 unspecified atom stereocenters. The second-order valence-electron chi connectivity index (χ2n) is 5.95. The molecule has 0 N–H and O–H groups in total. The summed E-state index contributed by atoms with van der Waals surface area (Å²) in [6.45, 7) is 1.75. The van der Waals surface area contributed by atoms with E-state index in [0.717, 1.165) is 63.5 Å². The summed E-state index contributed by atoms with van der Waals surface area (Å²) < 4.78 is 15.2. The van der Waals surface area contributed by atoms with E-state index in [1.807, 2.05) is 12.1 Å². The van der Waals surface area contributed by atoms with Gasteiger partial charge in [-0.25, -0.2) is 4.79 Å². The number of hydrogen-bond acceptors (Lipinski definition) is 5. The van der Waals surface area contributed by atoms with E-state index in [1.54, 1.807) is 14.2 Å². The van der Waals surface area contributed by atoms with Crippen LogP contribution in [0.3, 0.4) is 0 Å². The number of allylic oxidation sites excluding steroid dienone is 3. The van der Waals surface area contributed by atoms with Crippen LogP contribution in [0.1, 0.15) is 51.4 Å². The van der Waals surface area contributed by atoms with Crippen LogP contribution < -0.4 is 0 Å². The van der Waals surface area contributed by atoms with Crippen LogP contribution in [0.15, 0.2) is 22.8 Å². The van der Waals surface area contributed by atoms with E-state index < -0.39 is 5.97 Å². The first-order valence-electron chi connectivity index (χ1n) is 8.70. The second-order valence-corrected chi connectivity index (χ2v) is 5.95. The molecule has 0 aliphatic heterocycles. The van der Waals surface area contributed by atoms with Crippen molar-refractivity contribution in [1.29, 1.82) is 5.26 Å². The zero-order chi connectivity index (χ0) is 17.6. The number of carbonyl (C=O) groups excluding carboxylic acids is 1. The van der Waals surface area contributed by atoms with Gasteiger partial charge in [0.2, 0.25) is 0 Å². The second kappa shape index (κ2) is 12.7. The third-order valence-electron chi connectivity index (χ3n) is 4.03. The Morgan fingerprint density at radius 2 is 1.75 bits per heavy atom. The van der Waals surface area contributed by atoms with E-state index in [2.05, 4.69) is 0 Å². The van der Waals surface area contributed by atoms with Gasteiger partial charge in [0, 0.05) is 27.4 Å². The Hall–Kier alpha value is -1.64. The van der Waals surface area contributed by atoms with Gasteiger partial charge in [0.05, 0.1) is 6.61 Å². The molecular formula is C19H29NO4. The molecule has 0 amide bonds. The normalized spacial score (nSPS) is 16.3. The molecule has 0 aromatic carbocycles. The number of hydrogen-bond donors (Lipinski definition) is 0. The highest BCUT2D eigenvalue weighted by Crippen LogP contribution is 2.28. The lowest BCUT2D eigenvalue weighted by molar-refractivity contribution is -0.138. The number of carbonyl (C=O) groups is 1. The smallest absolute Gasteiger partial charge is 0.349 e. The highest BCUT2D eigenvalue weighted by Gasteiger charge is 2.18. The lowest BCUT2D eigenvalue weighted by atomic mass is 9.90. The van der Waals surface area contributed by atoms with Gasteiger partial charge in [-0.2, -0.15) is 5.26 Å². The summed E-state index contributed by atoms with van der Waals surface area (Å²) in [7, 11) is 3.35. The molecule has 1 aliphatic rings. The zero-order valence-corrected chi connectivity index (χ0v) is 14.9. The monoisotopic (exact) mass is 335 g/mol. The van der Waals surface area contributed by atoms with Gasteiger partial charge >= 0.3 is 5.97 Å². The van der Waals surface area contributed by atoms with Gasteiger partial charge in [-0.05, 0) is 56.9 Å². The van der Waals surface area contributed by atoms with E-state index >= 15 is 0 Å². The highest BCUT2D eigenvalue weighted by atomic mass is 16.5. The van der Waals surface area contributed by atoms with Crippen molar-refractivity contribution < 1.29 is 19.0 Å². The summed E-state index contributed by atoms with van der Waals surface area (Å²) in [6, 6.07) is 2.04. The SMILES string of the molecule is COCCCCOC(=O)/C(C#N)=C1\C=C(CCCCOC)CCC1. The summed E-state index contributed by atoms with van der Waals surface area (Å²) in [5.74, 6) is -0.498. The predicted molar refractivity (Wildman–Crippen MR) is 92.4 cm³/mol. The maximum Gasteiger partial charge on any atom is 0.349 e. The van der Waals surface area contributed by atoms with Crippen LogP contribution in [0, 0.1) is 11.3 Å². The summed E-state index contributed by atoms with van der Waals surface area (Å²) in [5.41, 5.74) is 2.30. The van der Waals surface area contributed by atoms with Crippen molar-refractivity contribution >= 4 is 5.97 Å². The Morgan fingerprint density at radius 3 is 2.42 bits per heavy atom. The maximum atomic E-state index is 12.1. The van der Waals surface area contributed by atoms with Crippen LogP contribution in [-0.2, 0) is 19.0 Å². The number of nitriles is 1. The summed E-state index contributed by atoms with van der Waals surface area (Å²) in [5, 5.41) is 9.35. The molecule has 0 bridgehead atoms. The van der Waals surface area contributed by atoms with Crippen molar-refractivity contribution in [3.8, 4) is 6.07 Å². The zero-order valence-electron chi connectivity index (χ0n) is 14.9. The quantitative estimate of drug-likeness (QED) is 0.249. The number of methoxy groups -OCH3 is 2. The first-order chi connectivity index (χ1) is 11.7. The first kappa shape index (κ1) is 20.4. The van der Waals surface area contributed by atoms with Crippen molar-refractivity contribution in [2.24, 2.45) is 0 Å².